The number of anilines is 1. The summed E-state index contributed by atoms with van der Waals surface area (Å²) in [7, 11) is 1.73. The summed E-state index contributed by atoms with van der Waals surface area (Å²) in [6.45, 7) is 7.62. The van der Waals surface area contributed by atoms with Crippen LogP contribution in [0.4, 0.5) is 5.69 Å². The second-order valence-corrected chi connectivity index (χ2v) is 6.46. The molecule has 0 unspecified atom stereocenters. The maximum Gasteiger partial charge on any atom is 0.219 e. The average Bonchev–Trinajstić information content (AvgIpc) is 2.62. The number of likely N-dealkylation sites (tertiary alicyclic amines) is 1. The van der Waals surface area contributed by atoms with Gasteiger partial charge in [0.05, 0.1) is 12.8 Å². The minimum Gasteiger partial charge on any atom is -0.495 e. The summed E-state index contributed by atoms with van der Waals surface area (Å²) < 4.78 is 5.48. The molecule has 0 spiro atoms. The number of rotatable bonds is 3. The van der Waals surface area contributed by atoms with Crippen LogP contribution in [0.2, 0.25) is 0 Å². The first-order valence-electron chi connectivity index (χ1n) is 8.56. The number of piperidine rings is 1. The molecule has 0 aromatic heterocycles. The maximum atomic E-state index is 11.6. The largest absolute Gasteiger partial charge is 0.495 e. The summed E-state index contributed by atoms with van der Waals surface area (Å²) in [5.74, 6) is 1.16. The number of hydrogen-bond acceptors (Lipinski definition) is 4. The van der Waals surface area contributed by atoms with Crippen LogP contribution < -0.4 is 9.64 Å². The fraction of sp³-hybridized carbons (Fsp3) is 0.611. The van der Waals surface area contributed by atoms with Gasteiger partial charge in [0.25, 0.3) is 0 Å². The van der Waals surface area contributed by atoms with Crippen LogP contribution in [0.1, 0.15) is 19.8 Å². The number of amides is 1. The Kier molecular flexibility index (Phi) is 5.06. The zero-order valence-electron chi connectivity index (χ0n) is 14.2. The van der Waals surface area contributed by atoms with Gasteiger partial charge in [0.15, 0.2) is 0 Å². The van der Waals surface area contributed by atoms with Crippen LogP contribution in [-0.2, 0) is 4.79 Å². The molecule has 0 aliphatic carbocycles. The molecular weight excluding hydrogens is 290 g/mol. The zero-order valence-corrected chi connectivity index (χ0v) is 14.2. The minimum atomic E-state index is 0.211. The van der Waals surface area contributed by atoms with Crippen LogP contribution in [-0.4, -0.2) is 68.1 Å². The van der Waals surface area contributed by atoms with E-state index in [0.29, 0.717) is 6.04 Å². The summed E-state index contributed by atoms with van der Waals surface area (Å²) >= 11 is 0. The molecule has 0 bridgehead atoms. The highest BCUT2D eigenvalue weighted by Crippen LogP contribution is 2.29. The predicted molar refractivity (Wildman–Crippen MR) is 92.1 cm³/mol. The van der Waals surface area contributed by atoms with Crippen molar-refractivity contribution in [2.45, 2.75) is 25.8 Å². The van der Waals surface area contributed by atoms with Crippen molar-refractivity contribution in [3.05, 3.63) is 24.3 Å². The summed E-state index contributed by atoms with van der Waals surface area (Å²) in [6.07, 6.45) is 2.33. The van der Waals surface area contributed by atoms with E-state index in [1.54, 1.807) is 14.0 Å². The molecular formula is C18H27N3O2. The Morgan fingerprint density at radius 3 is 2.57 bits per heavy atom. The first-order valence-corrected chi connectivity index (χ1v) is 8.56. The third kappa shape index (κ3) is 3.61. The van der Waals surface area contributed by atoms with E-state index >= 15 is 0 Å². The van der Waals surface area contributed by atoms with E-state index in [0.717, 1.165) is 51.4 Å². The molecule has 0 N–H and O–H groups in total. The lowest BCUT2D eigenvalue weighted by atomic mass is 10.0. The molecule has 2 aliphatic heterocycles. The van der Waals surface area contributed by atoms with E-state index in [9.17, 15) is 4.79 Å². The molecule has 1 aromatic carbocycles. The first-order chi connectivity index (χ1) is 11.2. The number of ether oxygens (including phenoxy) is 1. The molecule has 1 amide bonds. The lowest BCUT2D eigenvalue weighted by Crippen LogP contribution is -2.55. The average molecular weight is 317 g/mol. The maximum absolute atomic E-state index is 11.6. The van der Waals surface area contributed by atoms with Crippen molar-refractivity contribution < 1.29 is 9.53 Å². The van der Waals surface area contributed by atoms with E-state index in [1.165, 1.54) is 12.1 Å². The third-order valence-electron chi connectivity index (χ3n) is 5.10. The second-order valence-electron chi connectivity index (χ2n) is 6.46. The number of methoxy groups -OCH3 is 1. The van der Waals surface area contributed by atoms with Crippen LogP contribution in [0.3, 0.4) is 0 Å². The normalized spacial score (nSPS) is 23.0. The van der Waals surface area contributed by atoms with E-state index in [1.807, 2.05) is 17.0 Å². The van der Waals surface area contributed by atoms with Crippen LogP contribution in [0.5, 0.6) is 5.75 Å². The Labute approximate surface area is 138 Å². The Bertz CT molecular complexity index is 541. The Morgan fingerprint density at radius 1 is 1.13 bits per heavy atom. The van der Waals surface area contributed by atoms with E-state index in [4.69, 9.17) is 4.74 Å². The number of carbonyl (C=O) groups excluding carboxylic acids is 1. The van der Waals surface area contributed by atoms with Crippen LogP contribution in [0, 0.1) is 0 Å². The van der Waals surface area contributed by atoms with Gasteiger partial charge in [0.1, 0.15) is 5.75 Å². The number of benzene rings is 1. The molecule has 5 heteroatoms. The molecule has 2 fully saturated rings. The Morgan fingerprint density at radius 2 is 1.87 bits per heavy atom. The Hall–Kier alpha value is -1.75. The molecule has 2 aliphatic rings. The molecule has 1 aromatic rings. The van der Waals surface area contributed by atoms with Crippen molar-refractivity contribution in [2.24, 2.45) is 0 Å². The summed E-state index contributed by atoms with van der Waals surface area (Å²) in [5.41, 5.74) is 1.18. The SMILES string of the molecule is COc1ccccc1N1CCN([C@H]2CCCN(C(C)=O)C2)CC1. The number of para-hydroxylation sites is 2. The van der Waals surface area contributed by atoms with Gasteiger partial charge in [-0.2, -0.15) is 0 Å². The lowest BCUT2D eigenvalue weighted by Gasteiger charge is -2.44. The number of carbonyl (C=O) groups is 1. The quantitative estimate of drug-likeness (QED) is 0.852. The number of hydrogen-bond donors (Lipinski definition) is 0. The standard InChI is InChI=1S/C18H27N3O2/c1-15(22)21-9-5-6-16(14-21)19-10-12-20(13-11-19)17-7-3-4-8-18(17)23-2/h3-4,7-8,16H,5-6,9-14H2,1-2H3/t16-/m0/s1. The highest BCUT2D eigenvalue weighted by atomic mass is 16.5. The van der Waals surface area contributed by atoms with Crippen molar-refractivity contribution in [3.8, 4) is 5.75 Å². The molecule has 23 heavy (non-hydrogen) atoms. The number of nitrogens with zero attached hydrogens (tertiary/aromatic N) is 3. The first kappa shape index (κ1) is 16.1. The van der Waals surface area contributed by atoms with E-state index in [-0.39, 0.29) is 5.91 Å². The van der Waals surface area contributed by atoms with E-state index < -0.39 is 0 Å². The molecule has 3 rings (SSSR count). The van der Waals surface area contributed by atoms with Crippen LogP contribution in [0.15, 0.2) is 24.3 Å². The van der Waals surface area contributed by atoms with Gasteiger partial charge in [-0.15, -0.1) is 0 Å². The monoisotopic (exact) mass is 317 g/mol. The van der Waals surface area contributed by atoms with Crippen molar-refractivity contribution in [1.82, 2.24) is 9.80 Å². The van der Waals surface area contributed by atoms with Crippen molar-refractivity contribution >= 4 is 11.6 Å². The molecule has 126 valence electrons. The van der Waals surface area contributed by atoms with Crippen LogP contribution in [0.25, 0.3) is 0 Å². The van der Waals surface area contributed by atoms with Gasteiger partial charge in [-0.3, -0.25) is 9.69 Å². The van der Waals surface area contributed by atoms with Gasteiger partial charge in [-0.1, -0.05) is 12.1 Å². The molecule has 0 radical (unpaired) electrons. The van der Waals surface area contributed by atoms with Gasteiger partial charge in [0.2, 0.25) is 5.91 Å². The van der Waals surface area contributed by atoms with Gasteiger partial charge >= 0.3 is 0 Å². The minimum absolute atomic E-state index is 0.211. The number of piperazine rings is 1. The van der Waals surface area contributed by atoms with Crippen molar-refractivity contribution in [3.63, 3.8) is 0 Å². The highest BCUT2D eigenvalue weighted by molar-refractivity contribution is 5.73. The summed E-state index contributed by atoms with van der Waals surface area (Å²) in [5, 5.41) is 0. The highest BCUT2D eigenvalue weighted by Gasteiger charge is 2.29. The topological polar surface area (TPSA) is 36.0 Å². The molecule has 2 saturated heterocycles. The van der Waals surface area contributed by atoms with Crippen molar-refractivity contribution in [1.29, 1.82) is 0 Å². The summed E-state index contributed by atoms with van der Waals surface area (Å²) in [6, 6.07) is 8.75. The predicted octanol–water partition coefficient (Wildman–Crippen LogP) is 1.83. The van der Waals surface area contributed by atoms with E-state index in [2.05, 4.69) is 21.9 Å². The molecule has 1 atom stereocenters. The third-order valence-corrected chi connectivity index (χ3v) is 5.10. The van der Waals surface area contributed by atoms with Gasteiger partial charge < -0.3 is 14.5 Å². The molecule has 0 saturated carbocycles. The molecule has 5 nitrogen and oxygen atoms in total. The molecule has 2 heterocycles. The van der Waals surface area contributed by atoms with Crippen molar-refractivity contribution in [2.75, 3.05) is 51.3 Å². The van der Waals surface area contributed by atoms with Crippen LogP contribution >= 0.6 is 0 Å². The Balaban J connectivity index is 1.59. The van der Waals surface area contributed by atoms with Gasteiger partial charge in [0, 0.05) is 52.2 Å². The fourth-order valence-corrected chi connectivity index (χ4v) is 3.76. The zero-order chi connectivity index (χ0) is 16.2. The van der Waals surface area contributed by atoms with Gasteiger partial charge in [-0.05, 0) is 25.0 Å². The summed E-state index contributed by atoms with van der Waals surface area (Å²) in [4.78, 5) is 18.6. The van der Waals surface area contributed by atoms with Gasteiger partial charge in [-0.25, -0.2) is 0 Å². The lowest BCUT2D eigenvalue weighted by molar-refractivity contribution is -0.131. The second kappa shape index (κ2) is 7.21. The fourth-order valence-electron chi connectivity index (χ4n) is 3.76. The smallest absolute Gasteiger partial charge is 0.219 e.